The minimum atomic E-state index is -0.214. The lowest BCUT2D eigenvalue weighted by atomic mass is 9.99. The largest absolute Gasteiger partial charge is 0.493 e. The molecule has 0 amide bonds. The van der Waals surface area contributed by atoms with Crippen LogP contribution in [0.5, 0.6) is 5.75 Å². The number of benzene rings is 1. The van der Waals surface area contributed by atoms with E-state index in [4.69, 9.17) is 4.74 Å². The van der Waals surface area contributed by atoms with Crippen molar-refractivity contribution in [2.75, 3.05) is 18.1 Å². The van der Waals surface area contributed by atoms with Gasteiger partial charge in [0.2, 0.25) is 0 Å². The highest BCUT2D eigenvalue weighted by Gasteiger charge is 2.23. The van der Waals surface area contributed by atoms with E-state index in [1.54, 1.807) is 6.07 Å². The van der Waals surface area contributed by atoms with E-state index in [1.165, 1.54) is 30.4 Å². The fraction of sp³-hybridized carbons (Fsp3) is 0.600. The Morgan fingerprint density at radius 1 is 1.21 bits per heavy atom. The fourth-order valence-electron chi connectivity index (χ4n) is 2.87. The van der Waals surface area contributed by atoms with Gasteiger partial charge in [0.15, 0.2) is 0 Å². The number of nitrogens with one attached hydrogen (secondary N) is 1. The maximum Gasteiger partial charge on any atom is 0.126 e. The number of rotatable bonds is 2. The van der Waals surface area contributed by atoms with Crippen LogP contribution < -0.4 is 10.1 Å². The zero-order valence-corrected chi connectivity index (χ0v) is 11.8. The topological polar surface area (TPSA) is 21.3 Å². The van der Waals surface area contributed by atoms with E-state index >= 15 is 0 Å². The number of hydrogen-bond acceptors (Lipinski definition) is 3. The van der Waals surface area contributed by atoms with E-state index in [0.29, 0.717) is 18.7 Å². The van der Waals surface area contributed by atoms with Crippen molar-refractivity contribution in [2.45, 2.75) is 37.8 Å². The number of ether oxygens (including phenoxy) is 1. The minimum absolute atomic E-state index is 0.214. The van der Waals surface area contributed by atoms with E-state index in [9.17, 15) is 4.39 Å². The second-order valence-electron chi connectivity index (χ2n) is 5.28. The molecule has 2 aliphatic heterocycles. The molecule has 0 bridgehead atoms. The summed E-state index contributed by atoms with van der Waals surface area (Å²) in [5.74, 6) is 3.00. The molecule has 0 radical (unpaired) electrons. The molecule has 104 valence electrons. The van der Waals surface area contributed by atoms with Gasteiger partial charge in [-0.3, -0.25) is 0 Å². The normalized spacial score (nSPS) is 24.4. The number of fused-ring (bicyclic) bond motifs is 1. The van der Waals surface area contributed by atoms with E-state index < -0.39 is 0 Å². The van der Waals surface area contributed by atoms with Crippen molar-refractivity contribution in [1.82, 2.24) is 5.32 Å². The molecule has 0 aromatic heterocycles. The second kappa shape index (κ2) is 6.14. The first-order chi connectivity index (χ1) is 9.33. The van der Waals surface area contributed by atoms with Gasteiger partial charge < -0.3 is 10.1 Å². The van der Waals surface area contributed by atoms with E-state index in [2.05, 4.69) is 5.32 Å². The summed E-state index contributed by atoms with van der Waals surface area (Å²) in [5.41, 5.74) is 1.12. The predicted molar refractivity (Wildman–Crippen MR) is 77.4 cm³/mol. The van der Waals surface area contributed by atoms with Crippen LogP contribution in [0.2, 0.25) is 0 Å². The molecule has 3 rings (SSSR count). The summed E-state index contributed by atoms with van der Waals surface area (Å²) in [6, 6.07) is 5.85. The summed E-state index contributed by atoms with van der Waals surface area (Å²) in [6.07, 6.45) is 4.56. The Kier molecular flexibility index (Phi) is 4.28. The molecule has 1 saturated heterocycles. The molecule has 1 aromatic carbocycles. The Bertz CT molecular complexity index is 434. The molecule has 19 heavy (non-hydrogen) atoms. The minimum Gasteiger partial charge on any atom is -0.493 e. The third-order valence-corrected chi connectivity index (χ3v) is 4.95. The van der Waals surface area contributed by atoms with Crippen LogP contribution in [0.4, 0.5) is 4.39 Å². The average Bonchev–Trinajstić information content (AvgIpc) is 2.62. The Balaban J connectivity index is 1.77. The lowest BCUT2D eigenvalue weighted by Gasteiger charge is -2.28. The van der Waals surface area contributed by atoms with Gasteiger partial charge >= 0.3 is 0 Å². The van der Waals surface area contributed by atoms with Crippen molar-refractivity contribution in [3.63, 3.8) is 0 Å². The van der Waals surface area contributed by atoms with Gasteiger partial charge in [0.25, 0.3) is 0 Å². The van der Waals surface area contributed by atoms with Gasteiger partial charge in [0.1, 0.15) is 11.6 Å². The summed E-state index contributed by atoms with van der Waals surface area (Å²) < 4.78 is 19.0. The van der Waals surface area contributed by atoms with E-state index in [0.717, 1.165) is 24.2 Å². The summed E-state index contributed by atoms with van der Waals surface area (Å²) in [6.45, 7) is 0.690. The van der Waals surface area contributed by atoms with Crippen molar-refractivity contribution in [2.24, 2.45) is 0 Å². The SMILES string of the molecule is Fc1ccc2c(c1)OCCC[C@@H]2NC1CCSCC1. The molecule has 2 nitrogen and oxygen atoms in total. The van der Waals surface area contributed by atoms with E-state index in [1.807, 2.05) is 17.8 Å². The average molecular weight is 281 g/mol. The van der Waals surface area contributed by atoms with Crippen molar-refractivity contribution in [1.29, 1.82) is 0 Å². The predicted octanol–water partition coefficient (Wildman–Crippen LogP) is 3.52. The lowest BCUT2D eigenvalue weighted by molar-refractivity contribution is 0.312. The molecule has 0 spiro atoms. The number of thioether (sulfide) groups is 1. The molecular formula is C15H20FNOS. The van der Waals surface area contributed by atoms with Gasteiger partial charge in [-0.15, -0.1) is 0 Å². The van der Waals surface area contributed by atoms with Crippen molar-refractivity contribution < 1.29 is 9.13 Å². The third-order valence-electron chi connectivity index (χ3n) is 3.90. The van der Waals surface area contributed by atoms with Gasteiger partial charge in [-0.25, -0.2) is 4.39 Å². The van der Waals surface area contributed by atoms with Crippen LogP contribution in [0.25, 0.3) is 0 Å². The highest BCUT2D eigenvalue weighted by Crippen LogP contribution is 2.33. The Labute approximate surface area is 118 Å². The van der Waals surface area contributed by atoms with Gasteiger partial charge in [-0.1, -0.05) is 6.07 Å². The van der Waals surface area contributed by atoms with Gasteiger partial charge in [-0.05, 0) is 43.3 Å². The fourth-order valence-corrected chi connectivity index (χ4v) is 3.97. The summed E-state index contributed by atoms with van der Waals surface area (Å²) >= 11 is 2.04. The van der Waals surface area contributed by atoms with Crippen LogP contribution in [0.15, 0.2) is 18.2 Å². The Morgan fingerprint density at radius 3 is 2.89 bits per heavy atom. The first-order valence-corrected chi connectivity index (χ1v) is 8.24. The zero-order valence-electron chi connectivity index (χ0n) is 11.0. The molecule has 1 atom stereocenters. The monoisotopic (exact) mass is 281 g/mol. The number of halogens is 1. The summed E-state index contributed by atoms with van der Waals surface area (Å²) in [7, 11) is 0. The van der Waals surface area contributed by atoms with Crippen LogP contribution in [0.1, 0.15) is 37.3 Å². The van der Waals surface area contributed by atoms with Crippen LogP contribution in [0.3, 0.4) is 0 Å². The molecule has 1 fully saturated rings. The third kappa shape index (κ3) is 3.23. The maximum absolute atomic E-state index is 13.3. The number of hydrogen-bond donors (Lipinski definition) is 1. The molecule has 0 saturated carbocycles. The van der Waals surface area contributed by atoms with Crippen molar-refractivity contribution in [3.05, 3.63) is 29.6 Å². The highest BCUT2D eigenvalue weighted by molar-refractivity contribution is 7.99. The first-order valence-electron chi connectivity index (χ1n) is 7.09. The molecule has 2 aliphatic rings. The van der Waals surface area contributed by atoms with Gasteiger partial charge in [0.05, 0.1) is 6.61 Å². The molecule has 1 aromatic rings. The van der Waals surface area contributed by atoms with Crippen molar-refractivity contribution >= 4 is 11.8 Å². The van der Waals surface area contributed by atoms with Gasteiger partial charge in [0, 0.05) is 23.7 Å². The smallest absolute Gasteiger partial charge is 0.126 e. The molecule has 1 N–H and O–H groups in total. The quantitative estimate of drug-likeness (QED) is 0.896. The molecule has 0 aliphatic carbocycles. The second-order valence-corrected chi connectivity index (χ2v) is 6.50. The van der Waals surface area contributed by atoms with Crippen LogP contribution in [0, 0.1) is 5.82 Å². The molecule has 0 unspecified atom stereocenters. The molecular weight excluding hydrogens is 261 g/mol. The molecule has 2 heterocycles. The maximum atomic E-state index is 13.3. The standard InChI is InChI=1S/C15H20FNOS/c16-11-3-4-13-14(2-1-7-18-15(13)10-11)17-12-5-8-19-9-6-12/h3-4,10,12,14,17H,1-2,5-9H2/t14-/m0/s1. The zero-order chi connectivity index (χ0) is 13.1. The van der Waals surface area contributed by atoms with Gasteiger partial charge in [-0.2, -0.15) is 11.8 Å². The summed E-state index contributed by atoms with van der Waals surface area (Å²) in [5, 5.41) is 3.76. The van der Waals surface area contributed by atoms with Crippen LogP contribution in [-0.4, -0.2) is 24.2 Å². The Morgan fingerprint density at radius 2 is 2.05 bits per heavy atom. The summed E-state index contributed by atoms with van der Waals surface area (Å²) in [4.78, 5) is 0. The lowest BCUT2D eigenvalue weighted by Crippen LogP contribution is -2.35. The Hall–Kier alpha value is -0.740. The first kappa shape index (κ1) is 13.3. The van der Waals surface area contributed by atoms with Crippen molar-refractivity contribution in [3.8, 4) is 5.75 Å². The van der Waals surface area contributed by atoms with Crippen LogP contribution >= 0.6 is 11.8 Å². The molecule has 4 heteroatoms. The van der Waals surface area contributed by atoms with Crippen LogP contribution in [-0.2, 0) is 0 Å². The van der Waals surface area contributed by atoms with E-state index in [-0.39, 0.29) is 5.82 Å². The highest BCUT2D eigenvalue weighted by atomic mass is 32.2.